The number of halogens is 1. The van der Waals surface area contributed by atoms with Gasteiger partial charge in [0.1, 0.15) is 12.0 Å². The maximum atomic E-state index is 12.6. The minimum atomic E-state index is -0.967. The van der Waals surface area contributed by atoms with Crippen molar-refractivity contribution in [2.24, 2.45) is 11.0 Å². The molecule has 0 spiro atoms. The average Bonchev–Trinajstić information content (AvgIpc) is 3.01. The Hall–Kier alpha value is -2.41. The second kappa shape index (κ2) is 5.42. The third-order valence-electron chi connectivity index (χ3n) is 3.48. The van der Waals surface area contributed by atoms with Crippen LogP contribution in [0.1, 0.15) is 6.92 Å². The van der Waals surface area contributed by atoms with Gasteiger partial charge in [0.15, 0.2) is 5.71 Å². The Bertz CT molecular complexity index is 703. The van der Waals surface area contributed by atoms with E-state index in [1.54, 1.807) is 25.1 Å². The first-order chi connectivity index (χ1) is 10.5. The summed E-state index contributed by atoms with van der Waals surface area (Å²) in [5.41, 5.74) is 2.83. The Morgan fingerprint density at radius 1 is 1.41 bits per heavy atom. The van der Waals surface area contributed by atoms with Crippen LogP contribution in [-0.4, -0.2) is 36.1 Å². The fourth-order valence-electron chi connectivity index (χ4n) is 2.53. The molecule has 1 N–H and O–H groups in total. The van der Waals surface area contributed by atoms with Gasteiger partial charge in [-0.2, -0.15) is 5.10 Å². The Balaban J connectivity index is 1.93. The molecule has 2 heterocycles. The zero-order valence-corrected chi connectivity index (χ0v) is 12.3. The van der Waals surface area contributed by atoms with E-state index < -0.39 is 29.7 Å². The molecule has 1 fully saturated rings. The van der Waals surface area contributed by atoms with Gasteiger partial charge in [0, 0.05) is 5.02 Å². The average molecular weight is 322 g/mol. The first kappa shape index (κ1) is 14.5. The van der Waals surface area contributed by atoms with Crippen molar-refractivity contribution < 1.29 is 19.1 Å². The van der Waals surface area contributed by atoms with Gasteiger partial charge in [0.2, 0.25) is 5.91 Å². The number of hydrogen-bond donors (Lipinski definition) is 1. The minimum absolute atomic E-state index is 0.0743. The number of carbonyl (C=O) groups is 3. The molecule has 22 heavy (non-hydrogen) atoms. The van der Waals surface area contributed by atoms with E-state index in [2.05, 4.69) is 10.5 Å². The maximum Gasteiger partial charge on any atom is 0.355 e. The number of benzene rings is 1. The molecule has 1 aromatic carbocycles. The van der Waals surface area contributed by atoms with E-state index in [0.29, 0.717) is 10.7 Å². The molecule has 0 aromatic heterocycles. The summed E-state index contributed by atoms with van der Waals surface area (Å²) in [6.07, 6.45) is 0. The Morgan fingerprint density at radius 3 is 2.86 bits per heavy atom. The molecule has 0 unspecified atom stereocenters. The number of hydrazone groups is 1. The number of rotatable bonds is 3. The van der Waals surface area contributed by atoms with Crippen molar-refractivity contribution in [1.82, 2.24) is 5.43 Å². The van der Waals surface area contributed by atoms with Crippen molar-refractivity contribution in [1.29, 1.82) is 0 Å². The maximum absolute atomic E-state index is 12.6. The Morgan fingerprint density at radius 2 is 2.18 bits per heavy atom. The smallest absolute Gasteiger partial charge is 0.355 e. The number of nitrogens with one attached hydrogen (secondary N) is 1. The van der Waals surface area contributed by atoms with E-state index in [0.717, 1.165) is 4.90 Å². The number of imide groups is 1. The number of amides is 2. The zero-order chi connectivity index (χ0) is 15.9. The molecule has 8 heteroatoms. The predicted molar refractivity (Wildman–Crippen MR) is 78.4 cm³/mol. The molecule has 2 atom stereocenters. The van der Waals surface area contributed by atoms with Crippen LogP contribution in [0.4, 0.5) is 5.69 Å². The first-order valence-electron chi connectivity index (χ1n) is 6.68. The van der Waals surface area contributed by atoms with E-state index in [1.807, 2.05) is 0 Å². The number of ether oxygens (including phenoxy) is 1. The fraction of sp³-hybridized carbons (Fsp3) is 0.286. The highest BCUT2D eigenvalue weighted by Crippen LogP contribution is 2.31. The largest absolute Gasteiger partial charge is 0.461 e. The Labute approximate surface area is 130 Å². The highest BCUT2D eigenvalue weighted by atomic mass is 35.5. The summed E-state index contributed by atoms with van der Waals surface area (Å²) >= 11 is 5.90. The van der Waals surface area contributed by atoms with Gasteiger partial charge in [-0.05, 0) is 25.1 Å². The Kier molecular flexibility index (Phi) is 3.58. The van der Waals surface area contributed by atoms with Crippen LogP contribution in [0.25, 0.3) is 0 Å². The number of carbonyl (C=O) groups excluding carboxylic acids is 3. The van der Waals surface area contributed by atoms with Crippen LogP contribution in [0.5, 0.6) is 0 Å². The summed E-state index contributed by atoms with van der Waals surface area (Å²) in [5, 5.41) is 4.19. The van der Waals surface area contributed by atoms with Gasteiger partial charge in [0.25, 0.3) is 5.91 Å². The second-order valence-electron chi connectivity index (χ2n) is 4.79. The van der Waals surface area contributed by atoms with Crippen LogP contribution in [0, 0.1) is 5.92 Å². The van der Waals surface area contributed by atoms with Gasteiger partial charge >= 0.3 is 5.97 Å². The van der Waals surface area contributed by atoms with Crippen molar-refractivity contribution >= 4 is 40.8 Å². The topological polar surface area (TPSA) is 88.1 Å². The third kappa shape index (κ3) is 2.14. The molecule has 7 nitrogen and oxygen atoms in total. The van der Waals surface area contributed by atoms with Crippen LogP contribution in [0.3, 0.4) is 0 Å². The molecule has 0 saturated carbocycles. The van der Waals surface area contributed by atoms with Crippen LogP contribution in [-0.2, 0) is 19.1 Å². The fourth-order valence-corrected chi connectivity index (χ4v) is 2.72. The van der Waals surface area contributed by atoms with E-state index in [4.69, 9.17) is 16.3 Å². The van der Waals surface area contributed by atoms with Crippen LogP contribution in [0.2, 0.25) is 5.02 Å². The van der Waals surface area contributed by atoms with Crippen LogP contribution in [0.15, 0.2) is 29.4 Å². The van der Waals surface area contributed by atoms with Gasteiger partial charge in [-0.1, -0.05) is 17.7 Å². The zero-order valence-electron chi connectivity index (χ0n) is 11.6. The van der Waals surface area contributed by atoms with Crippen molar-refractivity contribution in [2.75, 3.05) is 11.5 Å². The summed E-state index contributed by atoms with van der Waals surface area (Å²) in [4.78, 5) is 37.8. The van der Waals surface area contributed by atoms with Gasteiger partial charge in [0.05, 0.1) is 12.3 Å². The van der Waals surface area contributed by atoms with Gasteiger partial charge < -0.3 is 4.74 Å². The lowest BCUT2D eigenvalue weighted by Crippen LogP contribution is -2.36. The molecule has 3 rings (SSSR count). The SMILES string of the molecule is CCOC(=O)C1=NN[C@H]2C(=O)N(c3cccc(Cl)c3)C(=O)[C@@H]12. The normalized spacial score (nSPS) is 23.2. The number of anilines is 1. The second-order valence-corrected chi connectivity index (χ2v) is 5.23. The highest BCUT2D eigenvalue weighted by Gasteiger charge is 2.55. The van der Waals surface area contributed by atoms with E-state index >= 15 is 0 Å². The molecule has 0 bridgehead atoms. The van der Waals surface area contributed by atoms with E-state index in [-0.39, 0.29) is 12.3 Å². The lowest BCUT2D eigenvalue weighted by molar-refractivity contribution is -0.136. The van der Waals surface area contributed by atoms with Gasteiger partial charge in [-0.25, -0.2) is 9.69 Å². The minimum Gasteiger partial charge on any atom is -0.461 e. The van der Waals surface area contributed by atoms with Crippen LogP contribution < -0.4 is 10.3 Å². The molecule has 114 valence electrons. The summed E-state index contributed by atoms with van der Waals surface area (Å²) in [7, 11) is 0. The lowest BCUT2D eigenvalue weighted by atomic mass is 9.99. The summed E-state index contributed by atoms with van der Waals surface area (Å²) in [6.45, 7) is 1.81. The molecular weight excluding hydrogens is 310 g/mol. The first-order valence-corrected chi connectivity index (χ1v) is 7.06. The quantitative estimate of drug-likeness (QED) is 0.654. The highest BCUT2D eigenvalue weighted by molar-refractivity contribution is 6.46. The molecule has 2 aliphatic heterocycles. The molecule has 1 aromatic rings. The standard InChI is InChI=1S/C14H12ClN3O4/c1-2-22-14(21)11-9-10(16-17-11)13(20)18(12(9)19)8-5-3-4-7(15)6-8/h3-6,9-10,16H,2H2,1H3/t9-,10-/m1/s1. The van der Waals surface area contributed by atoms with Crippen LogP contribution >= 0.6 is 11.6 Å². The van der Waals surface area contributed by atoms with Crippen molar-refractivity contribution in [3.05, 3.63) is 29.3 Å². The van der Waals surface area contributed by atoms with Gasteiger partial charge in [-0.15, -0.1) is 0 Å². The summed E-state index contributed by atoms with van der Waals surface area (Å²) in [6, 6.07) is 5.51. The monoisotopic (exact) mass is 321 g/mol. The number of hydrogen-bond acceptors (Lipinski definition) is 6. The molecule has 2 amide bonds. The molecule has 1 saturated heterocycles. The van der Waals surface area contributed by atoms with E-state index in [1.165, 1.54) is 6.07 Å². The third-order valence-corrected chi connectivity index (χ3v) is 3.71. The number of fused-ring (bicyclic) bond motifs is 1. The van der Waals surface area contributed by atoms with Crippen molar-refractivity contribution in [2.45, 2.75) is 13.0 Å². The van der Waals surface area contributed by atoms with Gasteiger partial charge in [-0.3, -0.25) is 15.0 Å². The van der Waals surface area contributed by atoms with Crippen molar-refractivity contribution in [3.63, 3.8) is 0 Å². The molecule has 0 aliphatic carbocycles. The van der Waals surface area contributed by atoms with Crippen molar-refractivity contribution in [3.8, 4) is 0 Å². The summed E-state index contributed by atoms with van der Waals surface area (Å²) in [5.74, 6) is -2.66. The number of nitrogens with zero attached hydrogens (tertiary/aromatic N) is 2. The molecular formula is C14H12ClN3O4. The predicted octanol–water partition coefficient (Wildman–Crippen LogP) is 0.720. The summed E-state index contributed by atoms with van der Waals surface area (Å²) < 4.78 is 4.86. The number of esters is 1. The van der Waals surface area contributed by atoms with E-state index in [9.17, 15) is 14.4 Å². The lowest BCUT2D eigenvalue weighted by Gasteiger charge is -2.15. The molecule has 0 radical (unpaired) electrons. The molecule has 2 aliphatic rings.